The SMILES string of the molecule is CCCCCCC/C=C\C/C=C\C/C=C\CCCCCCCCCCCCCCC(=O)OCC(COC(=O)CCCCCCC/C=C\CCCCCCCC)OC(=O)CCCCCCCCCCC/C=C\CCCCCCCCCC. The number of allylic oxidation sites excluding steroid dienone is 10. The molecule has 0 fully saturated rings. The van der Waals surface area contributed by atoms with E-state index < -0.39 is 6.10 Å². The average Bonchev–Trinajstić information content (AvgIpc) is 3.47. The molecule has 0 bridgehead atoms. The first-order valence-electron chi connectivity index (χ1n) is 35.8. The lowest BCUT2D eigenvalue weighted by Crippen LogP contribution is -2.30. The first-order valence-corrected chi connectivity index (χ1v) is 35.8. The first-order chi connectivity index (χ1) is 40.0. The average molecular weight is 1130 g/mol. The second-order valence-corrected chi connectivity index (χ2v) is 24.1. The molecule has 1 atom stereocenters. The van der Waals surface area contributed by atoms with Crippen molar-refractivity contribution in [3.05, 3.63) is 60.8 Å². The lowest BCUT2D eigenvalue weighted by molar-refractivity contribution is -0.167. The van der Waals surface area contributed by atoms with E-state index in [2.05, 4.69) is 81.5 Å². The number of rotatable bonds is 66. The molecule has 0 spiro atoms. The van der Waals surface area contributed by atoms with Crippen molar-refractivity contribution in [2.24, 2.45) is 0 Å². The topological polar surface area (TPSA) is 78.9 Å². The van der Waals surface area contributed by atoms with Crippen molar-refractivity contribution in [1.82, 2.24) is 0 Å². The van der Waals surface area contributed by atoms with Crippen LogP contribution in [0.25, 0.3) is 0 Å². The van der Waals surface area contributed by atoms with Crippen LogP contribution >= 0.6 is 0 Å². The second kappa shape index (κ2) is 69.6. The predicted octanol–water partition coefficient (Wildman–Crippen LogP) is 24.7. The molecule has 0 rings (SSSR count). The van der Waals surface area contributed by atoms with Gasteiger partial charge in [0, 0.05) is 19.3 Å². The van der Waals surface area contributed by atoms with Crippen LogP contribution in [0.15, 0.2) is 60.8 Å². The van der Waals surface area contributed by atoms with Crippen molar-refractivity contribution in [2.75, 3.05) is 13.2 Å². The fourth-order valence-corrected chi connectivity index (χ4v) is 10.6. The Morgan fingerprint density at radius 1 is 0.247 bits per heavy atom. The second-order valence-electron chi connectivity index (χ2n) is 24.1. The summed E-state index contributed by atoms with van der Waals surface area (Å²) in [5, 5.41) is 0. The van der Waals surface area contributed by atoms with Crippen molar-refractivity contribution in [3.63, 3.8) is 0 Å². The van der Waals surface area contributed by atoms with Crippen LogP contribution in [0, 0.1) is 0 Å². The monoisotopic (exact) mass is 1130 g/mol. The van der Waals surface area contributed by atoms with E-state index in [1.807, 2.05) is 0 Å². The van der Waals surface area contributed by atoms with Gasteiger partial charge < -0.3 is 14.2 Å². The summed E-state index contributed by atoms with van der Waals surface area (Å²) in [4.78, 5) is 38.5. The molecule has 81 heavy (non-hydrogen) atoms. The predicted molar refractivity (Wildman–Crippen MR) is 353 cm³/mol. The quantitative estimate of drug-likeness (QED) is 0.0261. The van der Waals surface area contributed by atoms with E-state index in [0.717, 1.165) is 77.0 Å². The van der Waals surface area contributed by atoms with Gasteiger partial charge in [-0.2, -0.15) is 0 Å². The largest absolute Gasteiger partial charge is 0.462 e. The molecule has 0 aliphatic carbocycles. The molecular weight excluding hydrogens is 997 g/mol. The van der Waals surface area contributed by atoms with Crippen molar-refractivity contribution < 1.29 is 28.6 Å². The minimum atomic E-state index is -0.781. The number of unbranched alkanes of at least 4 members (excludes halogenated alkanes) is 45. The van der Waals surface area contributed by atoms with Crippen LogP contribution in [0.3, 0.4) is 0 Å². The lowest BCUT2D eigenvalue weighted by atomic mass is 10.0. The summed E-state index contributed by atoms with van der Waals surface area (Å²) in [7, 11) is 0. The molecule has 0 saturated carbocycles. The smallest absolute Gasteiger partial charge is 0.306 e. The Labute approximate surface area is 504 Å². The van der Waals surface area contributed by atoms with Gasteiger partial charge in [-0.25, -0.2) is 0 Å². The van der Waals surface area contributed by atoms with Gasteiger partial charge in [0.15, 0.2) is 6.10 Å². The third-order valence-corrected chi connectivity index (χ3v) is 16.0. The molecule has 0 saturated heterocycles. The number of hydrogen-bond donors (Lipinski definition) is 0. The summed E-state index contributed by atoms with van der Waals surface area (Å²) in [6.07, 6.45) is 89.6. The van der Waals surface area contributed by atoms with E-state index in [9.17, 15) is 14.4 Å². The molecule has 0 N–H and O–H groups in total. The van der Waals surface area contributed by atoms with Crippen LogP contribution < -0.4 is 0 Å². The minimum absolute atomic E-state index is 0.0758. The van der Waals surface area contributed by atoms with Gasteiger partial charge >= 0.3 is 17.9 Å². The highest BCUT2D eigenvalue weighted by molar-refractivity contribution is 5.71. The maximum atomic E-state index is 13.0. The molecule has 0 aliphatic heterocycles. The van der Waals surface area contributed by atoms with E-state index >= 15 is 0 Å². The summed E-state index contributed by atoms with van der Waals surface area (Å²) < 4.78 is 17.0. The molecule has 0 aromatic rings. The number of carbonyl (C=O) groups excluding carboxylic acids is 3. The highest BCUT2D eigenvalue weighted by Crippen LogP contribution is 2.17. The molecule has 0 amide bonds. The molecule has 0 aliphatic rings. The van der Waals surface area contributed by atoms with Crippen LogP contribution in [0.2, 0.25) is 0 Å². The van der Waals surface area contributed by atoms with Crippen molar-refractivity contribution in [1.29, 1.82) is 0 Å². The summed E-state index contributed by atoms with van der Waals surface area (Å²) in [6.45, 7) is 6.67. The van der Waals surface area contributed by atoms with Gasteiger partial charge in [0.05, 0.1) is 0 Å². The number of hydrogen-bond acceptors (Lipinski definition) is 6. The van der Waals surface area contributed by atoms with Gasteiger partial charge in [-0.05, 0) is 109 Å². The third kappa shape index (κ3) is 67.8. The number of esters is 3. The minimum Gasteiger partial charge on any atom is -0.462 e. The fraction of sp³-hybridized carbons (Fsp3) is 0.827. The fourth-order valence-electron chi connectivity index (χ4n) is 10.6. The Morgan fingerprint density at radius 2 is 0.444 bits per heavy atom. The van der Waals surface area contributed by atoms with Crippen LogP contribution in [0.4, 0.5) is 0 Å². The normalized spacial score (nSPS) is 12.4. The van der Waals surface area contributed by atoms with Crippen molar-refractivity contribution in [3.8, 4) is 0 Å². The molecule has 6 heteroatoms. The highest BCUT2D eigenvalue weighted by atomic mass is 16.6. The maximum Gasteiger partial charge on any atom is 0.306 e. The van der Waals surface area contributed by atoms with Crippen LogP contribution in [-0.2, 0) is 28.6 Å². The lowest BCUT2D eigenvalue weighted by Gasteiger charge is -2.18. The summed E-state index contributed by atoms with van der Waals surface area (Å²) in [5.41, 5.74) is 0. The Balaban J connectivity index is 4.30. The zero-order chi connectivity index (χ0) is 58.5. The first kappa shape index (κ1) is 78.1. The summed E-state index contributed by atoms with van der Waals surface area (Å²) in [5.74, 6) is -0.865. The highest BCUT2D eigenvalue weighted by Gasteiger charge is 2.19. The summed E-state index contributed by atoms with van der Waals surface area (Å²) >= 11 is 0. The van der Waals surface area contributed by atoms with Gasteiger partial charge in [0.25, 0.3) is 0 Å². The zero-order valence-electron chi connectivity index (χ0n) is 54.3. The van der Waals surface area contributed by atoms with Gasteiger partial charge in [0.2, 0.25) is 0 Å². The van der Waals surface area contributed by atoms with Crippen molar-refractivity contribution in [2.45, 2.75) is 386 Å². The molecule has 1 unspecified atom stereocenters. The molecule has 0 aromatic carbocycles. The molecule has 6 nitrogen and oxygen atoms in total. The van der Waals surface area contributed by atoms with E-state index in [1.165, 1.54) is 263 Å². The van der Waals surface area contributed by atoms with Crippen molar-refractivity contribution >= 4 is 17.9 Å². The molecular formula is C75H136O6. The third-order valence-electron chi connectivity index (χ3n) is 16.0. The maximum absolute atomic E-state index is 13.0. The standard InChI is InChI=1S/C75H136O6/c1-4-7-10-13-16-19-22-25-28-30-32-34-35-36-37-38-39-41-42-44-47-50-53-56-59-62-65-68-74(77)80-71-72(70-79-73(76)67-64-61-58-55-52-49-46-27-24-21-18-15-12-9-6-3)81-75(78)69-66-63-60-57-54-51-48-45-43-40-33-31-29-26-23-20-17-14-11-8-5-2/h22,25,27,30-33,35-36,46,72H,4-21,23-24,26,28-29,34,37-45,47-71H2,1-3H3/b25-22-,32-30-,33-31-,36-35-,46-27-. The molecule has 0 aromatic heterocycles. The molecule has 0 heterocycles. The van der Waals surface area contributed by atoms with E-state index in [1.54, 1.807) is 0 Å². The Bertz CT molecular complexity index is 1440. The van der Waals surface area contributed by atoms with E-state index in [4.69, 9.17) is 14.2 Å². The molecule has 0 radical (unpaired) electrons. The van der Waals surface area contributed by atoms with Crippen LogP contribution in [-0.4, -0.2) is 37.2 Å². The molecule has 472 valence electrons. The van der Waals surface area contributed by atoms with Crippen LogP contribution in [0.1, 0.15) is 380 Å². The van der Waals surface area contributed by atoms with Gasteiger partial charge in [-0.1, -0.05) is 313 Å². The van der Waals surface area contributed by atoms with Crippen LogP contribution in [0.5, 0.6) is 0 Å². The van der Waals surface area contributed by atoms with Gasteiger partial charge in [-0.3, -0.25) is 14.4 Å². The van der Waals surface area contributed by atoms with Gasteiger partial charge in [-0.15, -0.1) is 0 Å². The Morgan fingerprint density at radius 3 is 0.704 bits per heavy atom. The van der Waals surface area contributed by atoms with Gasteiger partial charge in [0.1, 0.15) is 13.2 Å². The zero-order valence-corrected chi connectivity index (χ0v) is 54.3. The number of ether oxygens (including phenoxy) is 3. The Hall–Kier alpha value is -2.89. The Kier molecular flexibility index (Phi) is 67.1. The van der Waals surface area contributed by atoms with E-state index in [-0.39, 0.29) is 31.1 Å². The van der Waals surface area contributed by atoms with E-state index in [0.29, 0.717) is 19.3 Å². The summed E-state index contributed by atoms with van der Waals surface area (Å²) in [6, 6.07) is 0. The number of carbonyl (C=O) groups is 3.